The average molecular weight is 231 g/mol. The number of hydrogen-bond acceptors (Lipinski definition) is 4. The quantitative estimate of drug-likeness (QED) is 0.335. The number of hydrogen-bond donors (Lipinski definition) is 1. The number of rotatable bonds is 4. The molecule has 1 N–H and O–H groups in total. The van der Waals surface area contributed by atoms with E-state index in [2.05, 4.69) is 10.4 Å². The highest BCUT2D eigenvalue weighted by atomic mass is 32.1. The monoisotopic (exact) mass is 231 g/mol. The van der Waals surface area contributed by atoms with Gasteiger partial charge in [-0.2, -0.15) is 5.10 Å². The van der Waals surface area contributed by atoms with Gasteiger partial charge in [0.1, 0.15) is 0 Å². The number of esters is 1. The van der Waals surface area contributed by atoms with Crippen LogP contribution in [0.25, 0.3) is 0 Å². The molecule has 0 unspecified atom stereocenters. The molecular weight excluding hydrogens is 214 g/mol. The number of ether oxygens (including phenoxy) is 1. The van der Waals surface area contributed by atoms with E-state index in [9.17, 15) is 4.79 Å². The first-order valence-electron chi connectivity index (χ1n) is 4.66. The predicted molar refractivity (Wildman–Crippen MR) is 63.8 cm³/mol. The van der Waals surface area contributed by atoms with E-state index in [0.29, 0.717) is 17.4 Å². The molecule has 0 rings (SSSR count). The molecule has 0 amide bonds. The second-order valence-electron chi connectivity index (χ2n) is 2.90. The van der Waals surface area contributed by atoms with Gasteiger partial charge in [0.15, 0.2) is 5.11 Å². The third kappa shape index (κ3) is 6.01. The minimum Gasteiger partial charge on any atom is -0.466 e. The molecule has 0 saturated heterocycles. The minimum atomic E-state index is -0.275. The smallest absolute Gasteiger partial charge is 0.311 e. The Labute approximate surface area is 95.5 Å². The van der Waals surface area contributed by atoms with Gasteiger partial charge in [0, 0.05) is 19.8 Å². The summed E-state index contributed by atoms with van der Waals surface area (Å²) in [4.78, 5) is 11.1. The minimum absolute atomic E-state index is 0.185. The van der Waals surface area contributed by atoms with Crippen LogP contribution in [-0.4, -0.2) is 42.5 Å². The van der Waals surface area contributed by atoms with Gasteiger partial charge < -0.3 is 10.1 Å². The molecule has 0 aliphatic heterocycles. The summed E-state index contributed by atoms with van der Waals surface area (Å²) in [6.07, 6.45) is 0.185. The van der Waals surface area contributed by atoms with Gasteiger partial charge in [-0.15, -0.1) is 0 Å². The highest BCUT2D eigenvalue weighted by molar-refractivity contribution is 7.80. The Morgan fingerprint density at radius 1 is 1.60 bits per heavy atom. The predicted octanol–water partition coefficient (Wildman–Crippen LogP) is 0.752. The maximum Gasteiger partial charge on any atom is 0.311 e. The van der Waals surface area contributed by atoms with Crippen LogP contribution in [0.5, 0.6) is 0 Å². The van der Waals surface area contributed by atoms with Gasteiger partial charge in [0.25, 0.3) is 0 Å². The molecule has 86 valence electrons. The fraction of sp³-hybridized carbons (Fsp3) is 0.667. The van der Waals surface area contributed by atoms with E-state index in [1.54, 1.807) is 27.9 Å². The first-order chi connectivity index (χ1) is 7.01. The lowest BCUT2D eigenvalue weighted by atomic mass is 10.3. The molecule has 0 saturated carbocycles. The Bertz CT molecular complexity index is 266. The van der Waals surface area contributed by atoms with Crippen LogP contribution in [0.3, 0.4) is 0 Å². The molecule has 15 heavy (non-hydrogen) atoms. The van der Waals surface area contributed by atoms with E-state index >= 15 is 0 Å². The second-order valence-corrected chi connectivity index (χ2v) is 3.28. The number of carbonyl (C=O) groups excluding carboxylic acids is 1. The number of thiocarbonyl (C=S) groups is 1. The van der Waals surface area contributed by atoms with Crippen LogP contribution in [0.2, 0.25) is 0 Å². The van der Waals surface area contributed by atoms with E-state index in [0.717, 1.165) is 0 Å². The lowest BCUT2D eigenvalue weighted by molar-refractivity contribution is -0.141. The summed E-state index contributed by atoms with van der Waals surface area (Å²) in [7, 11) is 3.43. The van der Waals surface area contributed by atoms with Gasteiger partial charge in [-0.25, -0.2) is 5.01 Å². The molecule has 6 heteroatoms. The van der Waals surface area contributed by atoms with E-state index in [1.807, 2.05) is 0 Å². The molecule has 0 bridgehead atoms. The maximum absolute atomic E-state index is 11.1. The zero-order valence-corrected chi connectivity index (χ0v) is 10.3. The largest absolute Gasteiger partial charge is 0.466 e. The van der Waals surface area contributed by atoms with Gasteiger partial charge in [-0.3, -0.25) is 4.79 Å². The summed E-state index contributed by atoms with van der Waals surface area (Å²) in [5.41, 5.74) is 0.661. The fourth-order valence-electron chi connectivity index (χ4n) is 0.920. The van der Waals surface area contributed by atoms with Crippen LogP contribution in [0.4, 0.5) is 0 Å². The van der Waals surface area contributed by atoms with Crippen molar-refractivity contribution in [2.45, 2.75) is 20.3 Å². The summed E-state index contributed by atoms with van der Waals surface area (Å²) >= 11 is 4.95. The Morgan fingerprint density at radius 3 is 2.67 bits per heavy atom. The first kappa shape index (κ1) is 13.8. The van der Waals surface area contributed by atoms with Gasteiger partial charge in [0.05, 0.1) is 13.0 Å². The van der Waals surface area contributed by atoms with Gasteiger partial charge in [-0.1, -0.05) is 0 Å². The van der Waals surface area contributed by atoms with Crippen molar-refractivity contribution in [2.75, 3.05) is 20.7 Å². The molecule has 0 aromatic heterocycles. The zero-order valence-electron chi connectivity index (χ0n) is 9.53. The molecule has 5 nitrogen and oxygen atoms in total. The number of nitrogens with zero attached hydrogens (tertiary/aromatic N) is 2. The van der Waals surface area contributed by atoms with Gasteiger partial charge in [0.2, 0.25) is 0 Å². The van der Waals surface area contributed by atoms with E-state index in [4.69, 9.17) is 17.0 Å². The van der Waals surface area contributed by atoms with Crippen molar-refractivity contribution in [2.24, 2.45) is 5.10 Å². The summed E-state index contributed by atoms with van der Waals surface area (Å²) in [6.45, 7) is 3.91. The Morgan fingerprint density at radius 2 is 2.20 bits per heavy atom. The third-order valence-corrected chi connectivity index (χ3v) is 2.00. The molecule has 0 aromatic rings. The van der Waals surface area contributed by atoms with E-state index in [1.165, 1.54) is 5.01 Å². The summed E-state index contributed by atoms with van der Waals surface area (Å²) in [5.74, 6) is -0.275. The van der Waals surface area contributed by atoms with Crippen molar-refractivity contribution in [3.63, 3.8) is 0 Å². The van der Waals surface area contributed by atoms with E-state index < -0.39 is 0 Å². The summed E-state index contributed by atoms with van der Waals surface area (Å²) < 4.78 is 4.79. The number of nitrogens with one attached hydrogen (secondary N) is 1. The van der Waals surface area contributed by atoms with E-state index in [-0.39, 0.29) is 12.4 Å². The lowest BCUT2D eigenvalue weighted by Crippen LogP contribution is -2.31. The van der Waals surface area contributed by atoms with Crippen molar-refractivity contribution in [1.82, 2.24) is 10.3 Å². The summed E-state index contributed by atoms with van der Waals surface area (Å²) in [5, 5.41) is 8.90. The molecule has 0 heterocycles. The summed E-state index contributed by atoms with van der Waals surface area (Å²) in [6, 6.07) is 0. The van der Waals surface area contributed by atoms with Crippen molar-refractivity contribution in [3.05, 3.63) is 0 Å². The van der Waals surface area contributed by atoms with Crippen LogP contribution >= 0.6 is 12.2 Å². The standard InChI is InChI=1S/C9H17N3O2S/c1-5-14-8(13)6-7(2)11-12(4)9(15)10-3/h5-6H2,1-4H3,(H,10,15)/b11-7+. The van der Waals surface area contributed by atoms with Crippen LogP contribution in [-0.2, 0) is 9.53 Å². The van der Waals surface area contributed by atoms with Crippen LogP contribution < -0.4 is 5.32 Å². The van der Waals surface area contributed by atoms with Crippen LogP contribution in [0, 0.1) is 0 Å². The normalized spacial score (nSPS) is 10.8. The SMILES string of the molecule is CCOC(=O)C/C(C)=N/N(C)C(=S)NC. The van der Waals surface area contributed by atoms with Crippen LogP contribution in [0.1, 0.15) is 20.3 Å². The van der Waals surface area contributed by atoms with Crippen molar-refractivity contribution < 1.29 is 9.53 Å². The van der Waals surface area contributed by atoms with Crippen LogP contribution in [0.15, 0.2) is 5.10 Å². The topological polar surface area (TPSA) is 53.9 Å². The molecule has 0 aliphatic carbocycles. The highest BCUT2D eigenvalue weighted by Gasteiger charge is 2.06. The molecule has 0 fully saturated rings. The molecule has 0 aliphatic rings. The molecule has 0 radical (unpaired) electrons. The van der Waals surface area contributed by atoms with Gasteiger partial charge in [-0.05, 0) is 26.1 Å². The molecule has 0 aromatic carbocycles. The zero-order chi connectivity index (χ0) is 11.8. The third-order valence-electron chi connectivity index (χ3n) is 1.53. The molecular formula is C9H17N3O2S. The Kier molecular flexibility index (Phi) is 6.61. The Balaban J connectivity index is 4.19. The average Bonchev–Trinajstić information content (AvgIpc) is 2.16. The lowest BCUT2D eigenvalue weighted by Gasteiger charge is -2.14. The second kappa shape index (κ2) is 7.17. The highest BCUT2D eigenvalue weighted by Crippen LogP contribution is 1.94. The number of hydrazone groups is 1. The number of carbonyl (C=O) groups is 1. The van der Waals surface area contributed by atoms with Crippen molar-refractivity contribution in [1.29, 1.82) is 0 Å². The first-order valence-corrected chi connectivity index (χ1v) is 5.07. The van der Waals surface area contributed by atoms with Crippen molar-refractivity contribution in [3.8, 4) is 0 Å². The Hall–Kier alpha value is -1.17. The van der Waals surface area contributed by atoms with Crippen molar-refractivity contribution >= 4 is 29.0 Å². The fourth-order valence-corrected chi connectivity index (χ4v) is 0.960. The molecule has 0 atom stereocenters. The molecule has 0 spiro atoms. The maximum atomic E-state index is 11.1. The van der Waals surface area contributed by atoms with Gasteiger partial charge >= 0.3 is 5.97 Å².